The van der Waals surface area contributed by atoms with E-state index in [1.807, 2.05) is 12.1 Å². The van der Waals surface area contributed by atoms with E-state index >= 15 is 0 Å². The molecule has 1 rings (SSSR count). The van der Waals surface area contributed by atoms with Crippen LogP contribution in [-0.4, -0.2) is 12.5 Å². The van der Waals surface area contributed by atoms with Crippen LogP contribution < -0.4 is 4.74 Å². The molecular weight excluding hydrogens is 244 g/mol. The molecule has 0 amide bonds. The van der Waals surface area contributed by atoms with Crippen molar-refractivity contribution in [2.24, 2.45) is 5.41 Å². The number of hydrogen-bond acceptors (Lipinski definition) is 1. The molecule has 0 aliphatic heterocycles. The molecule has 0 radical (unpaired) electrons. The van der Waals surface area contributed by atoms with Crippen molar-refractivity contribution in [1.29, 1.82) is 0 Å². The third-order valence-electron chi connectivity index (χ3n) is 2.95. The molecule has 18 heavy (non-hydrogen) atoms. The van der Waals surface area contributed by atoms with Crippen LogP contribution in [0.2, 0.25) is 0 Å². The highest BCUT2D eigenvalue weighted by Gasteiger charge is 2.27. The van der Waals surface area contributed by atoms with Crippen LogP contribution in [0.15, 0.2) is 24.3 Å². The highest BCUT2D eigenvalue weighted by molar-refractivity contribution is 6.17. The number of benzene rings is 1. The van der Waals surface area contributed by atoms with Crippen LogP contribution in [0.25, 0.3) is 0 Å². The molecule has 0 saturated carbocycles. The maximum atomic E-state index is 5.60. The van der Waals surface area contributed by atoms with Gasteiger partial charge in [-0.05, 0) is 34.9 Å². The molecule has 0 saturated heterocycles. The third kappa shape index (κ3) is 4.89. The van der Waals surface area contributed by atoms with E-state index in [0.717, 1.165) is 12.2 Å². The maximum absolute atomic E-state index is 5.60. The predicted molar refractivity (Wildman–Crippen MR) is 79.8 cm³/mol. The Bertz CT molecular complexity index is 360. The van der Waals surface area contributed by atoms with Gasteiger partial charge >= 0.3 is 0 Å². The topological polar surface area (TPSA) is 9.23 Å². The fourth-order valence-corrected chi connectivity index (χ4v) is 2.66. The second kappa shape index (κ2) is 5.97. The Labute approximate surface area is 116 Å². The van der Waals surface area contributed by atoms with Crippen molar-refractivity contribution in [3.8, 4) is 5.75 Å². The van der Waals surface area contributed by atoms with Crippen LogP contribution in [0.1, 0.15) is 46.6 Å². The minimum absolute atomic E-state index is 0.184. The highest BCUT2D eigenvalue weighted by atomic mass is 35.5. The van der Waals surface area contributed by atoms with Gasteiger partial charge < -0.3 is 4.74 Å². The van der Waals surface area contributed by atoms with Crippen molar-refractivity contribution in [2.45, 2.75) is 46.5 Å². The molecule has 0 aromatic heterocycles. The number of hydrogen-bond donors (Lipinski definition) is 0. The quantitative estimate of drug-likeness (QED) is 0.682. The molecule has 1 aromatic rings. The Morgan fingerprint density at radius 3 is 2.00 bits per heavy atom. The molecule has 0 bridgehead atoms. The van der Waals surface area contributed by atoms with E-state index in [9.17, 15) is 0 Å². The lowest BCUT2D eigenvalue weighted by molar-refractivity contribution is 0.283. The van der Waals surface area contributed by atoms with Gasteiger partial charge in [-0.2, -0.15) is 0 Å². The summed E-state index contributed by atoms with van der Waals surface area (Å²) < 4.78 is 5.49. The molecular formula is C16H25ClO. The molecule has 0 unspecified atom stereocenters. The first-order valence-corrected chi connectivity index (χ1v) is 7.07. The monoisotopic (exact) mass is 268 g/mol. The Hall–Kier alpha value is -0.690. The first-order chi connectivity index (χ1) is 8.24. The van der Waals surface area contributed by atoms with E-state index in [1.54, 1.807) is 0 Å². The van der Waals surface area contributed by atoms with Crippen molar-refractivity contribution >= 4 is 11.6 Å². The molecule has 0 atom stereocenters. The fraction of sp³-hybridized carbons (Fsp3) is 0.625. The van der Waals surface area contributed by atoms with Gasteiger partial charge in [0, 0.05) is 0 Å². The zero-order valence-corrected chi connectivity index (χ0v) is 13.0. The lowest BCUT2D eigenvalue weighted by atomic mass is 9.72. The molecule has 1 aromatic carbocycles. The van der Waals surface area contributed by atoms with Gasteiger partial charge in [0.15, 0.2) is 0 Å². The van der Waals surface area contributed by atoms with Crippen LogP contribution in [0.5, 0.6) is 5.75 Å². The van der Waals surface area contributed by atoms with Crippen LogP contribution in [0.3, 0.4) is 0 Å². The fourth-order valence-electron chi connectivity index (χ4n) is 2.59. The van der Waals surface area contributed by atoms with Crippen LogP contribution in [0, 0.1) is 5.41 Å². The van der Waals surface area contributed by atoms with Gasteiger partial charge in [-0.25, -0.2) is 0 Å². The SMILES string of the molecule is CC(C)(C)CC(C)(C)c1ccc(OCCCl)cc1. The third-order valence-corrected chi connectivity index (χ3v) is 3.11. The van der Waals surface area contributed by atoms with E-state index in [1.165, 1.54) is 5.56 Å². The summed E-state index contributed by atoms with van der Waals surface area (Å²) in [6.07, 6.45) is 1.15. The molecule has 0 N–H and O–H groups in total. The average molecular weight is 269 g/mol. The summed E-state index contributed by atoms with van der Waals surface area (Å²) in [6.45, 7) is 12.0. The number of ether oxygens (including phenoxy) is 1. The molecule has 2 heteroatoms. The van der Waals surface area contributed by atoms with Gasteiger partial charge in [0.2, 0.25) is 0 Å². The number of alkyl halides is 1. The summed E-state index contributed by atoms with van der Waals surface area (Å²) in [4.78, 5) is 0. The minimum Gasteiger partial charge on any atom is -0.492 e. The first-order valence-electron chi connectivity index (χ1n) is 6.54. The Kier molecular flexibility index (Phi) is 5.10. The van der Waals surface area contributed by atoms with Crippen molar-refractivity contribution in [3.05, 3.63) is 29.8 Å². The summed E-state index contributed by atoms with van der Waals surface area (Å²) in [7, 11) is 0. The molecule has 1 nitrogen and oxygen atoms in total. The van der Waals surface area contributed by atoms with Crippen molar-refractivity contribution in [3.63, 3.8) is 0 Å². The summed E-state index contributed by atoms with van der Waals surface area (Å²) in [5, 5.41) is 0. The number of rotatable bonds is 5. The van der Waals surface area contributed by atoms with Gasteiger partial charge in [0.25, 0.3) is 0 Å². The van der Waals surface area contributed by atoms with E-state index in [0.29, 0.717) is 17.9 Å². The van der Waals surface area contributed by atoms with Crippen LogP contribution >= 0.6 is 11.6 Å². The van der Waals surface area contributed by atoms with Gasteiger partial charge in [-0.15, -0.1) is 11.6 Å². The molecule has 0 heterocycles. The zero-order valence-electron chi connectivity index (χ0n) is 12.2. The second-order valence-electron chi connectivity index (χ2n) is 6.68. The Morgan fingerprint density at radius 2 is 1.56 bits per heavy atom. The van der Waals surface area contributed by atoms with Gasteiger partial charge in [-0.3, -0.25) is 0 Å². The van der Waals surface area contributed by atoms with Gasteiger partial charge in [0.1, 0.15) is 12.4 Å². The average Bonchev–Trinajstić information content (AvgIpc) is 2.23. The first kappa shape index (κ1) is 15.4. The van der Waals surface area contributed by atoms with E-state index in [4.69, 9.17) is 16.3 Å². The lowest BCUT2D eigenvalue weighted by Gasteiger charge is -2.33. The van der Waals surface area contributed by atoms with Crippen molar-refractivity contribution in [1.82, 2.24) is 0 Å². The molecule has 0 aliphatic rings. The molecule has 102 valence electrons. The molecule has 0 fully saturated rings. The Balaban J connectivity index is 2.77. The van der Waals surface area contributed by atoms with E-state index in [-0.39, 0.29) is 5.41 Å². The minimum atomic E-state index is 0.184. The van der Waals surface area contributed by atoms with Crippen LogP contribution in [-0.2, 0) is 5.41 Å². The second-order valence-corrected chi connectivity index (χ2v) is 7.06. The highest BCUT2D eigenvalue weighted by Crippen LogP contribution is 2.36. The summed E-state index contributed by atoms with van der Waals surface area (Å²) in [6, 6.07) is 8.39. The zero-order chi connectivity index (χ0) is 13.8. The van der Waals surface area contributed by atoms with Gasteiger partial charge in [0.05, 0.1) is 5.88 Å². The van der Waals surface area contributed by atoms with Crippen molar-refractivity contribution < 1.29 is 4.74 Å². The van der Waals surface area contributed by atoms with Gasteiger partial charge in [-0.1, -0.05) is 46.8 Å². The normalized spacial score (nSPS) is 12.6. The summed E-state index contributed by atoms with van der Waals surface area (Å²) in [5.41, 5.74) is 1.87. The molecule has 0 aliphatic carbocycles. The maximum Gasteiger partial charge on any atom is 0.119 e. The van der Waals surface area contributed by atoms with E-state index in [2.05, 4.69) is 46.8 Å². The number of halogens is 1. The predicted octanol–water partition coefficient (Wildman–Crippen LogP) is 5.02. The Morgan fingerprint density at radius 1 is 1.00 bits per heavy atom. The van der Waals surface area contributed by atoms with Crippen molar-refractivity contribution in [2.75, 3.05) is 12.5 Å². The largest absolute Gasteiger partial charge is 0.492 e. The smallest absolute Gasteiger partial charge is 0.119 e. The lowest BCUT2D eigenvalue weighted by Crippen LogP contribution is -2.24. The summed E-state index contributed by atoms with van der Waals surface area (Å²) in [5.74, 6) is 1.42. The summed E-state index contributed by atoms with van der Waals surface area (Å²) >= 11 is 5.60. The van der Waals surface area contributed by atoms with E-state index < -0.39 is 0 Å². The van der Waals surface area contributed by atoms with Crippen LogP contribution in [0.4, 0.5) is 0 Å². The standard InChI is InChI=1S/C16H25ClO/c1-15(2,3)12-16(4,5)13-6-8-14(9-7-13)18-11-10-17/h6-9H,10-12H2,1-5H3. The molecule has 0 spiro atoms.